The standard InChI is InChI=1S/C31H31NO9/c1-17-25(40-31-27(34)24(33)8-5-13-39-31)11-9-19-16-23(30(36)41-28(17)19)32-29(35)20-10-12-26(38-3)22(15-20)18-6-4-7-21(14-18)37-2/h4,6-7,9-12,14-16,24,27,31,33-34H,5,8,13H2,1-3H3,(H,32,35)/t24-,27-,31+/m1/s1. The molecule has 1 amide bonds. The van der Waals surface area contributed by atoms with Crippen LogP contribution in [0.25, 0.3) is 22.1 Å². The highest BCUT2D eigenvalue weighted by Gasteiger charge is 2.32. The molecule has 1 aliphatic heterocycles. The summed E-state index contributed by atoms with van der Waals surface area (Å²) >= 11 is 0. The lowest BCUT2D eigenvalue weighted by Gasteiger charge is -2.25. The van der Waals surface area contributed by atoms with Gasteiger partial charge in [-0.05, 0) is 73.9 Å². The number of hydrogen-bond donors (Lipinski definition) is 3. The number of carbonyl (C=O) groups is 1. The van der Waals surface area contributed by atoms with Crippen molar-refractivity contribution in [1.29, 1.82) is 0 Å². The predicted octanol–water partition coefficient (Wildman–Crippen LogP) is 4.28. The molecule has 0 saturated carbocycles. The molecule has 4 aromatic rings. The Balaban J connectivity index is 1.40. The van der Waals surface area contributed by atoms with E-state index in [-0.39, 0.29) is 11.3 Å². The second-order valence-electron chi connectivity index (χ2n) is 9.71. The minimum Gasteiger partial charge on any atom is -0.497 e. The Labute approximate surface area is 236 Å². The number of amides is 1. The zero-order chi connectivity index (χ0) is 29.1. The van der Waals surface area contributed by atoms with E-state index in [2.05, 4.69) is 5.32 Å². The molecule has 2 heterocycles. The van der Waals surface area contributed by atoms with Crippen molar-refractivity contribution in [3.63, 3.8) is 0 Å². The highest BCUT2D eigenvalue weighted by molar-refractivity contribution is 6.05. The van der Waals surface area contributed by atoms with Gasteiger partial charge in [-0.1, -0.05) is 12.1 Å². The van der Waals surface area contributed by atoms with Crippen LogP contribution in [0.3, 0.4) is 0 Å². The van der Waals surface area contributed by atoms with E-state index in [1.807, 2.05) is 24.3 Å². The van der Waals surface area contributed by atoms with Crippen LogP contribution in [-0.4, -0.2) is 55.4 Å². The number of carbonyl (C=O) groups excluding carboxylic acids is 1. The van der Waals surface area contributed by atoms with E-state index < -0.39 is 30.0 Å². The summed E-state index contributed by atoms with van der Waals surface area (Å²) in [6, 6.07) is 17.2. The van der Waals surface area contributed by atoms with Gasteiger partial charge in [-0.15, -0.1) is 0 Å². The smallest absolute Gasteiger partial charge is 0.360 e. The summed E-state index contributed by atoms with van der Waals surface area (Å²) in [6.45, 7) is 2.04. The number of rotatable bonds is 7. The normalized spacial score (nSPS) is 18.9. The molecule has 1 fully saturated rings. The van der Waals surface area contributed by atoms with E-state index in [9.17, 15) is 19.8 Å². The van der Waals surface area contributed by atoms with Gasteiger partial charge in [0.1, 0.15) is 34.6 Å². The first-order valence-corrected chi connectivity index (χ1v) is 13.1. The molecule has 5 rings (SSSR count). The van der Waals surface area contributed by atoms with E-state index in [1.165, 1.54) is 6.07 Å². The molecule has 10 heteroatoms. The van der Waals surface area contributed by atoms with Crippen molar-refractivity contribution in [2.45, 2.75) is 38.3 Å². The van der Waals surface area contributed by atoms with E-state index in [4.69, 9.17) is 23.4 Å². The summed E-state index contributed by atoms with van der Waals surface area (Å²) in [5.74, 6) is 1.06. The number of hydrogen-bond acceptors (Lipinski definition) is 9. The van der Waals surface area contributed by atoms with Gasteiger partial charge < -0.3 is 38.9 Å². The van der Waals surface area contributed by atoms with Crippen LogP contribution in [0.4, 0.5) is 5.69 Å². The molecule has 0 spiro atoms. The van der Waals surface area contributed by atoms with Crippen LogP contribution in [0.15, 0.2) is 69.9 Å². The van der Waals surface area contributed by atoms with Crippen LogP contribution in [0.2, 0.25) is 0 Å². The van der Waals surface area contributed by atoms with Crippen molar-refractivity contribution < 1.29 is 38.4 Å². The lowest BCUT2D eigenvalue weighted by molar-refractivity contribution is -0.160. The molecule has 41 heavy (non-hydrogen) atoms. The third-order valence-corrected chi connectivity index (χ3v) is 7.03. The van der Waals surface area contributed by atoms with Gasteiger partial charge in [0.15, 0.2) is 0 Å². The molecule has 1 aliphatic rings. The number of benzene rings is 3. The van der Waals surface area contributed by atoms with E-state index in [0.717, 1.165) is 5.56 Å². The van der Waals surface area contributed by atoms with Crippen LogP contribution in [0.5, 0.6) is 17.2 Å². The quantitative estimate of drug-likeness (QED) is 0.283. The number of aliphatic hydroxyl groups is 2. The molecule has 0 aliphatic carbocycles. The molecule has 10 nitrogen and oxygen atoms in total. The van der Waals surface area contributed by atoms with Gasteiger partial charge in [-0.2, -0.15) is 0 Å². The second-order valence-corrected chi connectivity index (χ2v) is 9.71. The van der Waals surface area contributed by atoms with Crippen molar-refractivity contribution in [3.8, 4) is 28.4 Å². The van der Waals surface area contributed by atoms with Crippen molar-refractivity contribution >= 4 is 22.6 Å². The number of aryl methyl sites for hydroxylation is 1. The zero-order valence-electron chi connectivity index (χ0n) is 22.9. The summed E-state index contributed by atoms with van der Waals surface area (Å²) in [4.78, 5) is 26.1. The summed E-state index contributed by atoms with van der Waals surface area (Å²) in [6.07, 6.45) is -2.26. The lowest BCUT2D eigenvalue weighted by atomic mass is 10.0. The van der Waals surface area contributed by atoms with Crippen LogP contribution >= 0.6 is 0 Å². The van der Waals surface area contributed by atoms with Gasteiger partial charge >= 0.3 is 5.63 Å². The van der Waals surface area contributed by atoms with Gasteiger partial charge in [-0.3, -0.25) is 4.79 Å². The maximum atomic E-state index is 13.2. The third kappa shape index (κ3) is 5.90. The van der Waals surface area contributed by atoms with Crippen molar-refractivity contribution in [2.75, 3.05) is 26.1 Å². The average molecular weight is 562 g/mol. The first-order chi connectivity index (χ1) is 19.8. The van der Waals surface area contributed by atoms with E-state index in [1.54, 1.807) is 51.5 Å². The van der Waals surface area contributed by atoms with Gasteiger partial charge in [-0.25, -0.2) is 4.79 Å². The summed E-state index contributed by atoms with van der Waals surface area (Å²) in [7, 11) is 3.12. The molecule has 1 aromatic heterocycles. The number of nitrogens with one attached hydrogen (secondary N) is 1. The maximum Gasteiger partial charge on any atom is 0.360 e. The third-order valence-electron chi connectivity index (χ3n) is 7.03. The lowest BCUT2D eigenvalue weighted by Crippen LogP contribution is -2.40. The van der Waals surface area contributed by atoms with Gasteiger partial charge in [0.25, 0.3) is 5.91 Å². The van der Waals surface area contributed by atoms with Crippen LogP contribution in [0, 0.1) is 6.92 Å². The fourth-order valence-corrected chi connectivity index (χ4v) is 4.75. The first kappa shape index (κ1) is 28.2. The van der Waals surface area contributed by atoms with Gasteiger partial charge in [0.05, 0.1) is 26.9 Å². The monoisotopic (exact) mass is 561 g/mol. The Bertz CT molecular complexity index is 1630. The fraction of sp³-hybridized carbons (Fsp3) is 0.290. The number of methoxy groups -OCH3 is 2. The second kappa shape index (κ2) is 12.0. The van der Waals surface area contributed by atoms with Crippen molar-refractivity contribution in [3.05, 3.63) is 82.2 Å². The number of ether oxygens (including phenoxy) is 4. The summed E-state index contributed by atoms with van der Waals surface area (Å²) in [5, 5.41) is 23.6. The molecule has 0 bridgehead atoms. The highest BCUT2D eigenvalue weighted by atomic mass is 16.7. The Kier molecular flexibility index (Phi) is 8.25. The summed E-state index contributed by atoms with van der Waals surface area (Å²) in [5.41, 5.74) is 1.79. The Morgan fingerprint density at radius 2 is 1.80 bits per heavy atom. The molecule has 1 saturated heterocycles. The SMILES string of the molecule is COc1cccc(-c2cc(C(=O)Nc3cc4ccc(O[C@@H]5OCCC[C@@H](O)[C@H]5O)c(C)c4oc3=O)ccc2OC)c1. The van der Waals surface area contributed by atoms with E-state index >= 15 is 0 Å². The Hall–Kier alpha value is -4.38. The van der Waals surface area contributed by atoms with E-state index in [0.29, 0.717) is 58.8 Å². The minimum absolute atomic E-state index is 0.0278. The highest BCUT2D eigenvalue weighted by Crippen LogP contribution is 2.34. The molecule has 0 unspecified atom stereocenters. The molecular formula is C31H31NO9. The minimum atomic E-state index is -1.22. The summed E-state index contributed by atoms with van der Waals surface area (Å²) < 4.78 is 27.8. The molecule has 214 valence electrons. The van der Waals surface area contributed by atoms with Gasteiger partial charge in [0, 0.05) is 22.1 Å². The Morgan fingerprint density at radius 1 is 1.00 bits per heavy atom. The van der Waals surface area contributed by atoms with Gasteiger partial charge in [0.2, 0.25) is 6.29 Å². The number of aliphatic hydroxyl groups excluding tert-OH is 2. The first-order valence-electron chi connectivity index (χ1n) is 13.1. The van der Waals surface area contributed by atoms with Crippen molar-refractivity contribution in [2.24, 2.45) is 0 Å². The maximum absolute atomic E-state index is 13.2. The fourth-order valence-electron chi connectivity index (χ4n) is 4.75. The number of anilines is 1. The molecular weight excluding hydrogens is 530 g/mol. The zero-order valence-corrected chi connectivity index (χ0v) is 22.9. The van der Waals surface area contributed by atoms with Crippen LogP contribution in [-0.2, 0) is 4.74 Å². The topological polar surface area (TPSA) is 137 Å². The number of fused-ring (bicyclic) bond motifs is 1. The van der Waals surface area contributed by atoms with Crippen molar-refractivity contribution in [1.82, 2.24) is 0 Å². The molecule has 3 atom stereocenters. The average Bonchev–Trinajstić information content (AvgIpc) is 3.14. The van der Waals surface area contributed by atoms with Crippen LogP contribution < -0.4 is 25.2 Å². The molecule has 3 N–H and O–H groups in total. The molecule has 3 aromatic carbocycles. The largest absolute Gasteiger partial charge is 0.497 e. The predicted molar refractivity (Wildman–Crippen MR) is 152 cm³/mol. The Morgan fingerprint density at radius 3 is 2.59 bits per heavy atom. The molecule has 0 radical (unpaired) electrons. The van der Waals surface area contributed by atoms with Crippen LogP contribution in [0.1, 0.15) is 28.8 Å².